The standard InChI is InChI=1S/C34H29Cl2N3O6/c1-4-43-26-14-12-22(16-29(26)44-5-2)34(41)45-27-13-11-20(15-28(27)42-3)19-37-39-33(40)32-30(21-9-7-6-8-10-21)24-17-23(35)18-25(36)31(24)38-32/h6-19,38H,4-5H2,1-3H3,(H,39,40). The van der Waals surface area contributed by atoms with Crippen molar-refractivity contribution in [3.63, 3.8) is 0 Å². The lowest BCUT2D eigenvalue weighted by Crippen LogP contribution is -2.18. The molecule has 0 saturated heterocycles. The average Bonchev–Trinajstić information content (AvgIpc) is 3.43. The lowest BCUT2D eigenvalue weighted by atomic mass is 10.0. The maximum absolute atomic E-state index is 13.3. The van der Waals surface area contributed by atoms with Crippen molar-refractivity contribution in [2.45, 2.75) is 13.8 Å². The normalized spacial score (nSPS) is 11.0. The number of H-pyrrole nitrogens is 1. The number of carbonyl (C=O) groups excluding carboxylic acids is 2. The molecular weight excluding hydrogens is 617 g/mol. The molecule has 2 N–H and O–H groups in total. The van der Waals surface area contributed by atoms with Crippen LogP contribution in [0.15, 0.2) is 84.0 Å². The molecule has 0 aliphatic rings. The number of rotatable bonds is 11. The summed E-state index contributed by atoms with van der Waals surface area (Å²) in [5.41, 5.74) is 5.76. The Balaban J connectivity index is 1.33. The molecule has 9 nitrogen and oxygen atoms in total. The van der Waals surface area contributed by atoms with Crippen molar-refractivity contribution in [2.24, 2.45) is 5.10 Å². The van der Waals surface area contributed by atoms with Crippen LogP contribution in [-0.4, -0.2) is 43.4 Å². The third-order valence-corrected chi connectivity index (χ3v) is 7.18. The number of hydrazone groups is 1. The van der Waals surface area contributed by atoms with Crippen molar-refractivity contribution in [1.29, 1.82) is 0 Å². The van der Waals surface area contributed by atoms with Crippen LogP contribution in [-0.2, 0) is 0 Å². The van der Waals surface area contributed by atoms with Gasteiger partial charge in [-0.05, 0) is 73.5 Å². The zero-order valence-electron chi connectivity index (χ0n) is 24.6. The van der Waals surface area contributed by atoms with E-state index in [1.807, 2.05) is 44.2 Å². The molecule has 0 unspecified atom stereocenters. The minimum absolute atomic E-state index is 0.205. The Morgan fingerprint density at radius 2 is 1.60 bits per heavy atom. The Labute approximate surface area is 269 Å². The second-order valence-corrected chi connectivity index (χ2v) is 10.4. The summed E-state index contributed by atoms with van der Waals surface area (Å²) in [6.07, 6.45) is 1.45. The summed E-state index contributed by atoms with van der Waals surface area (Å²) in [6.45, 7) is 4.58. The van der Waals surface area contributed by atoms with Crippen LogP contribution in [0.25, 0.3) is 22.0 Å². The fourth-order valence-corrected chi connectivity index (χ4v) is 5.24. The lowest BCUT2D eigenvalue weighted by Gasteiger charge is -2.13. The maximum Gasteiger partial charge on any atom is 0.343 e. The molecule has 0 radical (unpaired) electrons. The van der Waals surface area contributed by atoms with Crippen LogP contribution in [0.2, 0.25) is 10.0 Å². The number of fused-ring (bicyclic) bond motifs is 1. The van der Waals surface area contributed by atoms with E-state index in [-0.39, 0.29) is 17.0 Å². The number of hydrogen-bond donors (Lipinski definition) is 2. The number of ether oxygens (including phenoxy) is 4. The van der Waals surface area contributed by atoms with Crippen molar-refractivity contribution in [3.8, 4) is 34.1 Å². The van der Waals surface area contributed by atoms with Crippen molar-refractivity contribution in [3.05, 3.63) is 106 Å². The number of esters is 1. The van der Waals surface area contributed by atoms with Gasteiger partial charge in [-0.2, -0.15) is 5.10 Å². The van der Waals surface area contributed by atoms with Gasteiger partial charge in [-0.3, -0.25) is 4.79 Å². The van der Waals surface area contributed by atoms with Gasteiger partial charge >= 0.3 is 5.97 Å². The molecule has 0 bridgehead atoms. The number of aromatic amines is 1. The molecular formula is C34H29Cl2N3O6. The molecule has 5 rings (SSSR count). The van der Waals surface area contributed by atoms with Gasteiger partial charge in [-0.25, -0.2) is 10.2 Å². The number of amides is 1. The molecule has 0 atom stereocenters. The molecule has 1 amide bonds. The topological polar surface area (TPSA) is 111 Å². The number of benzene rings is 4. The minimum Gasteiger partial charge on any atom is -0.493 e. The fourth-order valence-electron chi connectivity index (χ4n) is 4.70. The molecule has 0 aliphatic heterocycles. The van der Waals surface area contributed by atoms with Gasteiger partial charge in [0.25, 0.3) is 5.91 Å². The first-order chi connectivity index (χ1) is 21.8. The molecule has 230 valence electrons. The van der Waals surface area contributed by atoms with Crippen molar-refractivity contribution in [1.82, 2.24) is 10.4 Å². The molecule has 0 spiro atoms. The van der Waals surface area contributed by atoms with E-state index in [2.05, 4.69) is 15.5 Å². The van der Waals surface area contributed by atoms with E-state index in [1.54, 1.807) is 48.5 Å². The predicted molar refractivity (Wildman–Crippen MR) is 176 cm³/mol. The SMILES string of the molecule is CCOc1ccc(C(=O)Oc2ccc(C=NNC(=O)c3[nH]c4c(Cl)cc(Cl)cc4c3-c3ccccc3)cc2OC)cc1OCC. The Hall–Kier alpha value is -4.99. The van der Waals surface area contributed by atoms with E-state index >= 15 is 0 Å². The van der Waals surface area contributed by atoms with Gasteiger partial charge in [-0.1, -0.05) is 53.5 Å². The largest absolute Gasteiger partial charge is 0.493 e. The van der Waals surface area contributed by atoms with Crippen LogP contribution in [0.5, 0.6) is 23.0 Å². The number of carbonyl (C=O) groups is 2. The minimum atomic E-state index is -0.597. The van der Waals surface area contributed by atoms with E-state index in [0.29, 0.717) is 62.5 Å². The summed E-state index contributed by atoms with van der Waals surface area (Å²) in [5.74, 6) is 0.412. The van der Waals surface area contributed by atoms with E-state index < -0.39 is 11.9 Å². The summed E-state index contributed by atoms with van der Waals surface area (Å²) >= 11 is 12.7. The number of hydrogen-bond acceptors (Lipinski definition) is 7. The fraction of sp³-hybridized carbons (Fsp3) is 0.147. The highest BCUT2D eigenvalue weighted by molar-refractivity contribution is 6.39. The van der Waals surface area contributed by atoms with Crippen LogP contribution in [0.1, 0.15) is 40.3 Å². The highest BCUT2D eigenvalue weighted by atomic mass is 35.5. The summed E-state index contributed by atoms with van der Waals surface area (Å²) < 4.78 is 22.2. The number of nitrogens with one attached hydrogen (secondary N) is 2. The second-order valence-electron chi connectivity index (χ2n) is 9.58. The summed E-state index contributed by atoms with van der Waals surface area (Å²) in [5, 5.41) is 5.69. The third kappa shape index (κ3) is 7.06. The monoisotopic (exact) mass is 645 g/mol. The first-order valence-electron chi connectivity index (χ1n) is 14.0. The number of methoxy groups -OCH3 is 1. The average molecular weight is 647 g/mol. The quantitative estimate of drug-likeness (QED) is 0.0653. The zero-order valence-corrected chi connectivity index (χ0v) is 26.2. The lowest BCUT2D eigenvalue weighted by molar-refractivity contribution is 0.0728. The van der Waals surface area contributed by atoms with Gasteiger partial charge in [0.15, 0.2) is 23.0 Å². The van der Waals surface area contributed by atoms with Gasteiger partial charge in [0, 0.05) is 16.0 Å². The first-order valence-corrected chi connectivity index (χ1v) is 14.8. The smallest absolute Gasteiger partial charge is 0.343 e. The number of aromatic nitrogens is 1. The Morgan fingerprint density at radius 1 is 0.867 bits per heavy atom. The van der Waals surface area contributed by atoms with E-state index in [0.717, 1.165) is 5.56 Å². The van der Waals surface area contributed by atoms with Crippen LogP contribution < -0.4 is 24.4 Å². The van der Waals surface area contributed by atoms with Gasteiger partial charge in [0.2, 0.25) is 0 Å². The summed E-state index contributed by atoms with van der Waals surface area (Å²) in [7, 11) is 1.46. The highest BCUT2D eigenvalue weighted by Gasteiger charge is 2.21. The number of halogens is 2. The zero-order chi connectivity index (χ0) is 31.9. The molecule has 4 aromatic carbocycles. The number of nitrogens with zero attached hydrogens (tertiary/aromatic N) is 1. The predicted octanol–water partition coefficient (Wildman–Crippen LogP) is 7.93. The third-order valence-electron chi connectivity index (χ3n) is 6.66. The van der Waals surface area contributed by atoms with Crippen LogP contribution in [0, 0.1) is 0 Å². The molecule has 1 heterocycles. The second kappa shape index (κ2) is 14.2. The van der Waals surface area contributed by atoms with Gasteiger partial charge in [0.1, 0.15) is 5.69 Å². The van der Waals surface area contributed by atoms with Crippen LogP contribution >= 0.6 is 23.2 Å². The molecule has 0 saturated carbocycles. The maximum atomic E-state index is 13.3. The Bertz CT molecular complexity index is 1890. The molecule has 0 aliphatic carbocycles. The van der Waals surface area contributed by atoms with Crippen LogP contribution in [0.3, 0.4) is 0 Å². The van der Waals surface area contributed by atoms with Crippen molar-refractivity contribution in [2.75, 3.05) is 20.3 Å². The van der Waals surface area contributed by atoms with Crippen molar-refractivity contribution < 1.29 is 28.5 Å². The van der Waals surface area contributed by atoms with Crippen molar-refractivity contribution >= 4 is 52.2 Å². The molecule has 5 aromatic rings. The van der Waals surface area contributed by atoms with E-state index in [1.165, 1.54) is 13.3 Å². The van der Waals surface area contributed by atoms with Gasteiger partial charge in [-0.15, -0.1) is 0 Å². The van der Waals surface area contributed by atoms with E-state index in [9.17, 15) is 9.59 Å². The molecule has 11 heteroatoms. The molecule has 45 heavy (non-hydrogen) atoms. The summed E-state index contributed by atoms with van der Waals surface area (Å²) in [6, 6.07) is 22.5. The van der Waals surface area contributed by atoms with Crippen LogP contribution in [0.4, 0.5) is 0 Å². The molecule has 1 aromatic heterocycles. The molecule has 0 fully saturated rings. The Kier molecular flexibility index (Phi) is 9.92. The Morgan fingerprint density at radius 3 is 2.33 bits per heavy atom. The van der Waals surface area contributed by atoms with Gasteiger partial charge in [0.05, 0.1) is 42.6 Å². The summed E-state index contributed by atoms with van der Waals surface area (Å²) in [4.78, 5) is 29.4. The van der Waals surface area contributed by atoms with E-state index in [4.69, 9.17) is 42.1 Å². The highest BCUT2D eigenvalue weighted by Crippen LogP contribution is 2.38. The van der Waals surface area contributed by atoms with Gasteiger partial charge < -0.3 is 23.9 Å². The first kappa shape index (κ1) is 31.4.